The van der Waals surface area contributed by atoms with Gasteiger partial charge in [0, 0.05) is 0 Å². The van der Waals surface area contributed by atoms with Crippen LogP contribution in [0.3, 0.4) is 0 Å². The van der Waals surface area contributed by atoms with E-state index in [-0.39, 0.29) is 28.0 Å². The van der Waals surface area contributed by atoms with Gasteiger partial charge in [-0.2, -0.15) is 4.39 Å². The highest BCUT2D eigenvalue weighted by Gasteiger charge is 2.40. The fourth-order valence-electron chi connectivity index (χ4n) is 3.50. The fourth-order valence-corrected chi connectivity index (χ4v) is 3.78. The third-order valence-corrected chi connectivity index (χ3v) is 5.11. The Bertz CT molecular complexity index is 987. The quantitative estimate of drug-likeness (QED) is 0.611. The molecule has 5 N–H and O–H groups in total. The minimum absolute atomic E-state index is 0.00564. The van der Waals surface area contributed by atoms with Crippen molar-refractivity contribution in [1.29, 1.82) is 0 Å². The minimum Gasteiger partial charge on any atom is -0.381 e. The molecule has 1 aliphatic carbocycles. The summed E-state index contributed by atoms with van der Waals surface area (Å²) in [5.74, 6) is -1.92. The fraction of sp³-hybridized carbons (Fsp3) is 0.375. The number of aromatic nitrogens is 3. The summed E-state index contributed by atoms with van der Waals surface area (Å²) < 4.78 is 15.2. The van der Waals surface area contributed by atoms with Gasteiger partial charge in [0.2, 0.25) is 5.82 Å². The summed E-state index contributed by atoms with van der Waals surface area (Å²) in [6, 6.07) is 1.26. The van der Waals surface area contributed by atoms with Crippen LogP contribution in [0.5, 0.6) is 0 Å². The molecular formula is C16H17ClFN7O2. The number of nitrogens with one attached hydrogen (secondary N) is 3. The Morgan fingerprint density at radius 1 is 1.26 bits per heavy atom. The van der Waals surface area contributed by atoms with Gasteiger partial charge < -0.3 is 16.4 Å². The molecule has 1 spiro atoms. The number of nitrogens with two attached hydrogens (primary N) is 1. The van der Waals surface area contributed by atoms with Crippen LogP contribution in [-0.2, 0) is 0 Å². The van der Waals surface area contributed by atoms with E-state index >= 15 is 0 Å². The molecule has 4 rings (SSSR count). The lowest BCUT2D eigenvalue weighted by Crippen LogP contribution is -2.64. The molecule has 0 saturated heterocycles. The summed E-state index contributed by atoms with van der Waals surface area (Å²) in [5, 5.41) is 5.55. The normalized spacial score (nSPS) is 17.8. The van der Waals surface area contributed by atoms with Gasteiger partial charge in [-0.1, -0.05) is 18.0 Å². The lowest BCUT2D eigenvalue weighted by molar-refractivity contribution is 0.0834. The molecule has 0 unspecified atom stereocenters. The highest BCUT2D eigenvalue weighted by molar-refractivity contribution is 6.34. The maximum absolute atomic E-state index is 14.1. The van der Waals surface area contributed by atoms with Gasteiger partial charge in [0.05, 0.1) is 5.02 Å². The number of pyridine rings is 1. The Labute approximate surface area is 158 Å². The Morgan fingerprint density at radius 3 is 2.74 bits per heavy atom. The molecule has 1 fully saturated rings. The zero-order chi connectivity index (χ0) is 19.2. The van der Waals surface area contributed by atoms with E-state index < -0.39 is 22.9 Å². The molecule has 0 aromatic carbocycles. The van der Waals surface area contributed by atoms with Crippen molar-refractivity contribution in [2.24, 2.45) is 0 Å². The first kappa shape index (κ1) is 17.5. The van der Waals surface area contributed by atoms with E-state index in [2.05, 4.69) is 26.0 Å². The van der Waals surface area contributed by atoms with Crippen LogP contribution in [-0.4, -0.2) is 26.2 Å². The molecule has 0 radical (unpaired) electrons. The second-order valence-corrected chi connectivity index (χ2v) is 7.06. The van der Waals surface area contributed by atoms with E-state index in [1.54, 1.807) is 0 Å². The van der Waals surface area contributed by atoms with E-state index in [1.807, 2.05) is 0 Å². The molecule has 0 bridgehead atoms. The van der Waals surface area contributed by atoms with Crippen LogP contribution in [0.4, 0.5) is 21.7 Å². The van der Waals surface area contributed by atoms with Crippen molar-refractivity contribution in [3.63, 3.8) is 0 Å². The zero-order valence-corrected chi connectivity index (χ0v) is 14.9. The van der Waals surface area contributed by atoms with E-state index in [0.717, 1.165) is 30.3 Å². The molecule has 3 heterocycles. The van der Waals surface area contributed by atoms with Crippen LogP contribution in [0, 0.1) is 5.82 Å². The summed E-state index contributed by atoms with van der Waals surface area (Å²) in [4.78, 5) is 32.8. The molecule has 9 nitrogen and oxygen atoms in total. The van der Waals surface area contributed by atoms with Crippen molar-refractivity contribution < 1.29 is 9.18 Å². The molecule has 0 atom stereocenters. The topological polar surface area (TPSA) is 127 Å². The number of nitrogen functional groups attached to an aromatic ring is 1. The van der Waals surface area contributed by atoms with E-state index in [9.17, 15) is 14.0 Å². The summed E-state index contributed by atoms with van der Waals surface area (Å²) in [7, 11) is 0. The molecule has 27 heavy (non-hydrogen) atoms. The minimum atomic E-state index is -0.884. The van der Waals surface area contributed by atoms with Gasteiger partial charge in [-0.3, -0.25) is 15.0 Å². The van der Waals surface area contributed by atoms with Gasteiger partial charge in [-0.05, 0) is 31.7 Å². The predicted molar refractivity (Wildman–Crippen MR) is 98.0 cm³/mol. The number of anilines is 3. The number of fused-ring (bicyclic) bond motifs is 1. The SMILES string of the molecule is Nc1ncnc(Nc2cc(Cl)c3n(c2=O)NC2(CCCCC2)NC3=O)c1F. The number of hydrogen-bond donors (Lipinski definition) is 4. The number of nitrogens with zero attached hydrogens (tertiary/aromatic N) is 3. The lowest BCUT2D eigenvalue weighted by Gasteiger charge is -2.43. The number of carbonyl (C=O) groups excluding carboxylic acids is 1. The van der Waals surface area contributed by atoms with Gasteiger partial charge in [0.1, 0.15) is 23.4 Å². The molecule has 2 aromatic heterocycles. The first-order valence-electron chi connectivity index (χ1n) is 8.49. The third kappa shape index (κ3) is 2.95. The van der Waals surface area contributed by atoms with Gasteiger partial charge in [0.25, 0.3) is 11.5 Å². The number of hydrogen-bond acceptors (Lipinski definition) is 7. The average molecular weight is 394 g/mol. The number of halogens is 2. The lowest BCUT2D eigenvalue weighted by atomic mass is 9.88. The highest BCUT2D eigenvalue weighted by Crippen LogP contribution is 2.31. The maximum atomic E-state index is 14.1. The van der Waals surface area contributed by atoms with Crippen LogP contribution >= 0.6 is 11.6 Å². The Morgan fingerprint density at radius 2 is 2.00 bits per heavy atom. The molecule has 142 valence electrons. The maximum Gasteiger partial charge on any atom is 0.293 e. The summed E-state index contributed by atoms with van der Waals surface area (Å²) in [6.45, 7) is 0. The van der Waals surface area contributed by atoms with Gasteiger partial charge >= 0.3 is 0 Å². The van der Waals surface area contributed by atoms with Crippen LogP contribution in [0.15, 0.2) is 17.2 Å². The molecule has 11 heteroatoms. The largest absolute Gasteiger partial charge is 0.381 e. The van der Waals surface area contributed by atoms with Crippen LogP contribution in [0.25, 0.3) is 0 Å². The Balaban J connectivity index is 1.78. The van der Waals surface area contributed by atoms with Crippen LogP contribution < -0.4 is 27.4 Å². The number of amides is 1. The smallest absolute Gasteiger partial charge is 0.293 e. The average Bonchev–Trinajstić information content (AvgIpc) is 2.63. The van der Waals surface area contributed by atoms with Crippen LogP contribution in [0.2, 0.25) is 5.02 Å². The molecular weight excluding hydrogens is 377 g/mol. The monoisotopic (exact) mass is 393 g/mol. The summed E-state index contributed by atoms with van der Waals surface area (Å²) in [5.41, 5.74) is 7.21. The van der Waals surface area contributed by atoms with Gasteiger partial charge in [-0.25, -0.2) is 14.6 Å². The van der Waals surface area contributed by atoms with Crippen molar-refractivity contribution in [3.8, 4) is 0 Å². The third-order valence-electron chi connectivity index (χ3n) is 4.82. The molecule has 1 saturated carbocycles. The summed E-state index contributed by atoms with van der Waals surface area (Å²) in [6.07, 6.45) is 5.37. The van der Waals surface area contributed by atoms with E-state index in [0.29, 0.717) is 12.8 Å². The Kier molecular flexibility index (Phi) is 4.14. The van der Waals surface area contributed by atoms with Crippen molar-refractivity contribution in [3.05, 3.63) is 39.3 Å². The Hall–Kier alpha value is -2.88. The second-order valence-electron chi connectivity index (χ2n) is 6.65. The number of carbonyl (C=O) groups is 1. The molecule has 1 aliphatic heterocycles. The molecule has 1 amide bonds. The van der Waals surface area contributed by atoms with Crippen LogP contribution in [0.1, 0.15) is 42.6 Å². The van der Waals surface area contributed by atoms with Gasteiger partial charge in [-0.15, -0.1) is 0 Å². The molecule has 2 aliphatic rings. The first-order chi connectivity index (χ1) is 12.9. The summed E-state index contributed by atoms with van der Waals surface area (Å²) >= 11 is 6.23. The van der Waals surface area contributed by atoms with Gasteiger partial charge in [0.15, 0.2) is 11.6 Å². The standard InChI is InChI=1S/C16H17ClFN7O2/c17-8-6-9(22-13-10(18)12(19)20-7-21-13)15(27)25-11(8)14(26)23-16(24-25)4-2-1-3-5-16/h6-7,24H,1-5H2,(H,23,26)(H3,19,20,21,22). The van der Waals surface area contributed by atoms with E-state index in [4.69, 9.17) is 17.3 Å². The van der Waals surface area contributed by atoms with Crippen molar-refractivity contribution >= 4 is 34.8 Å². The van der Waals surface area contributed by atoms with Crippen molar-refractivity contribution in [2.45, 2.75) is 37.8 Å². The molecule has 2 aromatic rings. The second kappa shape index (κ2) is 6.38. The zero-order valence-electron chi connectivity index (χ0n) is 14.2. The van der Waals surface area contributed by atoms with Crippen molar-refractivity contribution in [2.75, 3.05) is 16.5 Å². The first-order valence-corrected chi connectivity index (χ1v) is 8.87. The number of rotatable bonds is 2. The van der Waals surface area contributed by atoms with Crippen molar-refractivity contribution in [1.82, 2.24) is 20.0 Å². The highest BCUT2D eigenvalue weighted by atomic mass is 35.5. The predicted octanol–water partition coefficient (Wildman–Crippen LogP) is 1.70. The van der Waals surface area contributed by atoms with E-state index in [1.165, 1.54) is 6.07 Å².